The third-order valence-corrected chi connectivity index (χ3v) is 2.62. The molecule has 6 heteroatoms. The van der Waals surface area contributed by atoms with Crippen molar-refractivity contribution in [1.82, 2.24) is 15.1 Å². The van der Waals surface area contributed by atoms with Crippen LogP contribution in [0.2, 0.25) is 0 Å². The van der Waals surface area contributed by atoms with Gasteiger partial charge in [-0.3, -0.25) is 4.98 Å². The van der Waals surface area contributed by atoms with Crippen molar-refractivity contribution >= 4 is 5.69 Å². The van der Waals surface area contributed by atoms with Crippen LogP contribution < -0.4 is 5.73 Å². The van der Waals surface area contributed by atoms with Gasteiger partial charge in [0, 0.05) is 6.20 Å². The molecule has 0 fully saturated rings. The fourth-order valence-corrected chi connectivity index (χ4v) is 1.67. The summed E-state index contributed by atoms with van der Waals surface area (Å²) in [7, 11) is 0. The van der Waals surface area contributed by atoms with E-state index >= 15 is 0 Å². The summed E-state index contributed by atoms with van der Waals surface area (Å²) in [5.41, 5.74) is 6.88. The van der Waals surface area contributed by atoms with Crippen LogP contribution >= 0.6 is 0 Å². The fourth-order valence-electron chi connectivity index (χ4n) is 1.67. The molecule has 0 aliphatic heterocycles. The van der Waals surface area contributed by atoms with Crippen LogP contribution in [0.15, 0.2) is 47.1 Å². The SMILES string of the molecule is Nc1cccc(-c2nc(-c3ccccn3)no2)c1O. The number of benzene rings is 1. The normalized spacial score (nSPS) is 10.5. The number of para-hydroxylation sites is 1. The second kappa shape index (κ2) is 4.41. The molecule has 3 rings (SSSR count). The van der Waals surface area contributed by atoms with Crippen molar-refractivity contribution in [3.63, 3.8) is 0 Å². The van der Waals surface area contributed by atoms with E-state index < -0.39 is 0 Å². The van der Waals surface area contributed by atoms with Gasteiger partial charge in [-0.2, -0.15) is 4.98 Å². The van der Waals surface area contributed by atoms with Crippen molar-refractivity contribution < 1.29 is 9.63 Å². The number of hydrogen-bond acceptors (Lipinski definition) is 6. The zero-order valence-electron chi connectivity index (χ0n) is 9.82. The van der Waals surface area contributed by atoms with Gasteiger partial charge in [-0.15, -0.1) is 0 Å². The van der Waals surface area contributed by atoms with Gasteiger partial charge in [-0.1, -0.05) is 17.3 Å². The Morgan fingerprint density at radius 3 is 2.79 bits per heavy atom. The van der Waals surface area contributed by atoms with E-state index in [-0.39, 0.29) is 17.3 Å². The van der Waals surface area contributed by atoms with Crippen molar-refractivity contribution in [1.29, 1.82) is 0 Å². The Kier molecular flexibility index (Phi) is 2.60. The van der Waals surface area contributed by atoms with Gasteiger partial charge in [0.1, 0.15) is 5.69 Å². The van der Waals surface area contributed by atoms with Crippen LogP contribution in [0.5, 0.6) is 5.75 Å². The number of phenolic OH excluding ortho intramolecular Hbond substituents is 1. The minimum Gasteiger partial charge on any atom is -0.505 e. The molecule has 2 aromatic heterocycles. The van der Waals surface area contributed by atoms with Crippen LogP contribution in [0.25, 0.3) is 23.0 Å². The molecule has 0 bridgehead atoms. The highest BCUT2D eigenvalue weighted by Crippen LogP contribution is 2.33. The number of hydrogen-bond donors (Lipinski definition) is 2. The molecule has 0 radical (unpaired) electrons. The predicted molar refractivity (Wildman–Crippen MR) is 69.0 cm³/mol. The Labute approximate surface area is 108 Å². The number of anilines is 1. The summed E-state index contributed by atoms with van der Waals surface area (Å²) in [5.74, 6) is 0.488. The summed E-state index contributed by atoms with van der Waals surface area (Å²) in [5, 5.41) is 13.7. The first-order valence-electron chi connectivity index (χ1n) is 5.58. The first kappa shape index (κ1) is 11.2. The number of pyridine rings is 1. The van der Waals surface area contributed by atoms with E-state index in [0.29, 0.717) is 17.1 Å². The molecule has 0 aliphatic carbocycles. The number of phenols is 1. The van der Waals surface area contributed by atoms with Gasteiger partial charge in [0.2, 0.25) is 5.82 Å². The average Bonchev–Trinajstić information content (AvgIpc) is 2.92. The van der Waals surface area contributed by atoms with Crippen molar-refractivity contribution in [2.45, 2.75) is 0 Å². The number of nitrogens with zero attached hydrogens (tertiary/aromatic N) is 3. The molecular formula is C13H10N4O2. The number of aromatic nitrogens is 3. The minimum absolute atomic E-state index is 0.0706. The summed E-state index contributed by atoms with van der Waals surface area (Å²) in [6.07, 6.45) is 1.64. The smallest absolute Gasteiger partial charge is 0.262 e. The highest BCUT2D eigenvalue weighted by Gasteiger charge is 2.15. The van der Waals surface area contributed by atoms with E-state index in [2.05, 4.69) is 15.1 Å². The molecule has 0 amide bonds. The molecule has 0 unspecified atom stereocenters. The summed E-state index contributed by atoms with van der Waals surface area (Å²) >= 11 is 0. The van der Waals surface area contributed by atoms with Gasteiger partial charge in [0.15, 0.2) is 5.75 Å². The highest BCUT2D eigenvalue weighted by molar-refractivity contribution is 5.72. The number of nitrogens with two attached hydrogens (primary N) is 1. The van der Waals surface area contributed by atoms with Crippen LogP contribution in [0.1, 0.15) is 0 Å². The topological polar surface area (TPSA) is 98.1 Å². The molecule has 3 aromatic rings. The van der Waals surface area contributed by atoms with E-state index in [9.17, 15) is 5.11 Å². The molecule has 2 heterocycles. The van der Waals surface area contributed by atoms with Gasteiger partial charge in [0.05, 0.1) is 11.3 Å². The van der Waals surface area contributed by atoms with Crippen LogP contribution in [0.3, 0.4) is 0 Å². The quantitative estimate of drug-likeness (QED) is 0.536. The van der Waals surface area contributed by atoms with Crippen molar-refractivity contribution in [3.05, 3.63) is 42.6 Å². The van der Waals surface area contributed by atoms with Gasteiger partial charge in [-0.25, -0.2) is 0 Å². The molecule has 0 atom stereocenters. The Balaban J connectivity index is 2.05. The third-order valence-electron chi connectivity index (χ3n) is 2.62. The Morgan fingerprint density at radius 1 is 1.11 bits per heavy atom. The second-order valence-corrected chi connectivity index (χ2v) is 3.88. The lowest BCUT2D eigenvalue weighted by Gasteiger charge is -2.01. The third kappa shape index (κ3) is 1.99. The minimum atomic E-state index is -0.0706. The summed E-state index contributed by atoms with van der Waals surface area (Å²) in [6.45, 7) is 0. The van der Waals surface area contributed by atoms with Crippen LogP contribution in [-0.4, -0.2) is 20.2 Å². The molecule has 94 valence electrons. The Morgan fingerprint density at radius 2 is 2.00 bits per heavy atom. The molecule has 6 nitrogen and oxygen atoms in total. The maximum Gasteiger partial charge on any atom is 0.262 e. The Hall–Kier alpha value is -2.89. The van der Waals surface area contributed by atoms with E-state index in [1.807, 2.05) is 6.07 Å². The summed E-state index contributed by atoms with van der Waals surface area (Å²) in [6, 6.07) is 10.4. The monoisotopic (exact) mass is 254 g/mol. The van der Waals surface area contributed by atoms with Gasteiger partial charge < -0.3 is 15.4 Å². The lowest BCUT2D eigenvalue weighted by Crippen LogP contribution is -1.88. The summed E-state index contributed by atoms with van der Waals surface area (Å²) in [4.78, 5) is 8.32. The number of nitrogen functional groups attached to an aromatic ring is 1. The zero-order valence-corrected chi connectivity index (χ0v) is 9.82. The maximum absolute atomic E-state index is 9.86. The molecule has 0 saturated carbocycles. The van der Waals surface area contributed by atoms with Crippen LogP contribution in [0.4, 0.5) is 5.69 Å². The van der Waals surface area contributed by atoms with Crippen molar-refractivity contribution in [3.8, 4) is 28.7 Å². The fraction of sp³-hybridized carbons (Fsp3) is 0. The molecule has 19 heavy (non-hydrogen) atoms. The number of aromatic hydroxyl groups is 1. The highest BCUT2D eigenvalue weighted by atomic mass is 16.5. The number of rotatable bonds is 2. The molecular weight excluding hydrogens is 244 g/mol. The van der Waals surface area contributed by atoms with Crippen molar-refractivity contribution in [2.24, 2.45) is 0 Å². The molecule has 0 aliphatic rings. The van der Waals surface area contributed by atoms with Crippen molar-refractivity contribution in [2.75, 3.05) is 5.73 Å². The first-order valence-corrected chi connectivity index (χ1v) is 5.58. The van der Waals surface area contributed by atoms with Crippen LogP contribution in [-0.2, 0) is 0 Å². The molecule has 0 spiro atoms. The van der Waals surface area contributed by atoms with E-state index in [1.54, 1.807) is 36.5 Å². The first-order chi connectivity index (χ1) is 9.25. The average molecular weight is 254 g/mol. The van der Waals surface area contributed by atoms with E-state index in [0.717, 1.165) is 0 Å². The lowest BCUT2D eigenvalue weighted by atomic mass is 10.2. The lowest BCUT2D eigenvalue weighted by molar-refractivity contribution is 0.426. The van der Waals surface area contributed by atoms with Gasteiger partial charge >= 0.3 is 0 Å². The van der Waals surface area contributed by atoms with E-state index in [4.69, 9.17) is 10.3 Å². The molecule has 1 aromatic carbocycles. The largest absolute Gasteiger partial charge is 0.505 e. The predicted octanol–water partition coefficient (Wildman–Crippen LogP) is 2.09. The standard InChI is InChI=1S/C13H10N4O2/c14-9-5-3-4-8(11(9)18)13-16-12(17-19-13)10-6-1-2-7-15-10/h1-7,18H,14H2. The van der Waals surface area contributed by atoms with E-state index in [1.165, 1.54) is 0 Å². The summed E-state index contributed by atoms with van der Waals surface area (Å²) < 4.78 is 5.12. The molecule has 0 saturated heterocycles. The zero-order chi connectivity index (χ0) is 13.2. The maximum atomic E-state index is 9.86. The van der Waals surface area contributed by atoms with Crippen LogP contribution in [0, 0.1) is 0 Å². The second-order valence-electron chi connectivity index (χ2n) is 3.88. The van der Waals surface area contributed by atoms with Gasteiger partial charge in [0.25, 0.3) is 5.89 Å². The van der Waals surface area contributed by atoms with Gasteiger partial charge in [-0.05, 0) is 24.3 Å². The molecule has 3 N–H and O–H groups in total. The Bertz CT molecular complexity index is 710.